The maximum absolute atomic E-state index is 12.6. The lowest BCUT2D eigenvalue weighted by atomic mass is 10.1. The SMILES string of the molecule is O=C(CCN1CCCC1Cn1cccn1)N1CCc2sccc2C1. The number of hydrogen-bond acceptors (Lipinski definition) is 4. The number of carbonyl (C=O) groups excluding carboxylic acids is 1. The second-order valence-electron chi connectivity index (χ2n) is 6.74. The minimum atomic E-state index is 0.302. The van der Waals surface area contributed by atoms with Crippen molar-refractivity contribution in [2.45, 2.75) is 44.8 Å². The lowest BCUT2D eigenvalue weighted by Crippen LogP contribution is -2.39. The number of hydrogen-bond donors (Lipinski definition) is 0. The van der Waals surface area contributed by atoms with E-state index in [0.29, 0.717) is 18.4 Å². The molecular formula is C18H24N4OS. The van der Waals surface area contributed by atoms with Gasteiger partial charge < -0.3 is 4.90 Å². The van der Waals surface area contributed by atoms with Crippen molar-refractivity contribution in [1.82, 2.24) is 19.6 Å². The molecule has 6 heteroatoms. The lowest BCUT2D eigenvalue weighted by molar-refractivity contribution is -0.132. The summed E-state index contributed by atoms with van der Waals surface area (Å²) in [4.78, 5) is 18.6. The number of carbonyl (C=O) groups is 1. The van der Waals surface area contributed by atoms with Gasteiger partial charge in [0, 0.05) is 49.4 Å². The Morgan fingerprint density at radius 1 is 1.38 bits per heavy atom. The van der Waals surface area contributed by atoms with Gasteiger partial charge in [-0.25, -0.2) is 0 Å². The topological polar surface area (TPSA) is 41.4 Å². The third kappa shape index (κ3) is 3.39. The van der Waals surface area contributed by atoms with E-state index in [2.05, 4.69) is 21.4 Å². The molecule has 1 saturated heterocycles. The van der Waals surface area contributed by atoms with Crippen LogP contribution in [0.2, 0.25) is 0 Å². The maximum Gasteiger partial charge on any atom is 0.224 e. The van der Waals surface area contributed by atoms with Gasteiger partial charge in [0.15, 0.2) is 0 Å². The molecule has 5 nitrogen and oxygen atoms in total. The first kappa shape index (κ1) is 15.8. The van der Waals surface area contributed by atoms with E-state index in [1.54, 1.807) is 0 Å². The molecular weight excluding hydrogens is 320 g/mol. The zero-order valence-electron chi connectivity index (χ0n) is 13.9. The average molecular weight is 344 g/mol. The van der Waals surface area contributed by atoms with Crippen LogP contribution < -0.4 is 0 Å². The Hall–Kier alpha value is -1.66. The first-order chi connectivity index (χ1) is 11.8. The molecule has 0 spiro atoms. The van der Waals surface area contributed by atoms with Crippen molar-refractivity contribution in [1.29, 1.82) is 0 Å². The van der Waals surface area contributed by atoms with Crippen molar-refractivity contribution in [3.63, 3.8) is 0 Å². The van der Waals surface area contributed by atoms with Gasteiger partial charge in [-0.05, 0) is 48.9 Å². The standard InChI is InChI=1S/C18H24N4OS/c23-18(21-10-4-17-15(13-21)6-12-24-17)5-11-20-8-1-3-16(20)14-22-9-2-7-19-22/h2,6-7,9,12,16H,1,3-5,8,10-11,13-14H2. The normalized spacial score (nSPS) is 21.2. The van der Waals surface area contributed by atoms with Crippen molar-refractivity contribution in [3.05, 3.63) is 40.3 Å². The van der Waals surface area contributed by atoms with Crippen LogP contribution in [0.15, 0.2) is 29.9 Å². The van der Waals surface area contributed by atoms with Crippen molar-refractivity contribution in [2.75, 3.05) is 19.6 Å². The summed E-state index contributed by atoms with van der Waals surface area (Å²) in [6.45, 7) is 4.59. The largest absolute Gasteiger partial charge is 0.338 e. The first-order valence-corrected chi connectivity index (χ1v) is 9.72. The van der Waals surface area contributed by atoms with E-state index in [4.69, 9.17) is 0 Å². The molecule has 24 heavy (non-hydrogen) atoms. The summed E-state index contributed by atoms with van der Waals surface area (Å²) in [5, 5.41) is 6.46. The van der Waals surface area contributed by atoms with Crippen LogP contribution in [0.3, 0.4) is 0 Å². The molecule has 2 aliphatic rings. The van der Waals surface area contributed by atoms with E-state index < -0.39 is 0 Å². The molecule has 1 amide bonds. The number of nitrogens with zero attached hydrogens (tertiary/aromatic N) is 4. The number of rotatable bonds is 5. The molecule has 2 aromatic rings. The molecule has 0 aromatic carbocycles. The summed E-state index contributed by atoms with van der Waals surface area (Å²) < 4.78 is 2.01. The molecule has 1 fully saturated rings. The van der Waals surface area contributed by atoms with Crippen LogP contribution in [0.1, 0.15) is 29.7 Å². The summed E-state index contributed by atoms with van der Waals surface area (Å²) >= 11 is 1.82. The van der Waals surface area contributed by atoms with Gasteiger partial charge in [-0.1, -0.05) is 0 Å². The molecule has 1 unspecified atom stereocenters. The number of amides is 1. The highest BCUT2D eigenvalue weighted by Gasteiger charge is 2.27. The van der Waals surface area contributed by atoms with Crippen LogP contribution in [-0.2, 0) is 24.3 Å². The van der Waals surface area contributed by atoms with Crippen LogP contribution in [0, 0.1) is 0 Å². The minimum absolute atomic E-state index is 0.302. The molecule has 2 aliphatic heterocycles. The molecule has 4 rings (SSSR count). The Balaban J connectivity index is 1.29. The quantitative estimate of drug-likeness (QED) is 0.836. The highest BCUT2D eigenvalue weighted by atomic mass is 32.1. The van der Waals surface area contributed by atoms with E-state index in [1.165, 1.54) is 23.3 Å². The fraction of sp³-hybridized carbons (Fsp3) is 0.556. The summed E-state index contributed by atoms with van der Waals surface area (Å²) in [6, 6.07) is 4.65. The van der Waals surface area contributed by atoms with Gasteiger partial charge in [-0.2, -0.15) is 5.10 Å². The third-order valence-electron chi connectivity index (χ3n) is 5.23. The van der Waals surface area contributed by atoms with Crippen molar-refractivity contribution in [3.8, 4) is 0 Å². The predicted octanol–water partition coefficient (Wildman–Crippen LogP) is 2.38. The summed E-state index contributed by atoms with van der Waals surface area (Å²) in [5.41, 5.74) is 1.34. The molecule has 0 N–H and O–H groups in total. The average Bonchev–Trinajstić information content (AvgIpc) is 3.34. The van der Waals surface area contributed by atoms with Crippen molar-refractivity contribution in [2.24, 2.45) is 0 Å². The van der Waals surface area contributed by atoms with Crippen LogP contribution in [0.25, 0.3) is 0 Å². The summed E-state index contributed by atoms with van der Waals surface area (Å²) in [6.07, 6.45) is 7.93. The fourth-order valence-corrected chi connectivity index (χ4v) is 4.77. The van der Waals surface area contributed by atoms with Crippen LogP contribution in [0.5, 0.6) is 0 Å². The van der Waals surface area contributed by atoms with E-state index in [0.717, 1.165) is 39.1 Å². The Morgan fingerprint density at radius 3 is 3.21 bits per heavy atom. The van der Waals surface area contributed by atoms with Crippen LogP contribution in [0.4, 0.5) is 0 Å². The zero-order valence-corrected chi connectivity index (χ0v) is 14.7. The van der Waals surface area contributed by atoms with Gasteiger partial charge in [0.2, 0.25) is 5.91 Å². The van der Waals surface area contributed by atoms with E-state index in [1.807, 2.05) is 39.4 Å². The maximum atomic E-state index is 12.6. The second-order valence-corrected chi connectivity index (χ2v) is 7.75. The zero-order chi connectivity index (χ0) is 16.4. The Morgan fingerprint density at radius 2 is 2.33 bits per heavy atom. The highest BCUT2D eigenvalue weighted by molar-refractivity contribution is 7.10. The Labute approximate surface area is 146 Å². The van der Waals surface area contributed by atoms with Crippen molar-refractivity contribution >= 4 is 17.2 Å². The molecule has 2 aromatic heterocycles. The van der Waals surface area contributed by atoms with Gasteiger partial charge in [-0.3, -0.25) is 14.4 Å². The molecule has 4 heterocycles. The van der Waals surface area contributed by atoms with E-state index in [9.17, 15) is 4.79 Å². The Kier molecular flexibility index (Phi) is 4.67. The van der Waals surface area contributed by atoms with Crippen molar-refractivity contribution < 1.29 is 4.79 Å². The predicted molar refractivity (Wildman–Crippen MR) is 94.9 cm³/mol. The number of likely N-dealkylation sites (tertiary alicyclic amines) is 1. The molecule has 0 bridgehead atoms. The molecule has 0 aliphatic carbocycles. The second kappa shape index (κ2) is 7.07. The number of aromatic nitrogens is 2. The van der Waals surface area contributed by atoms with E-state index in [-0.39, 0.29) is 0 Å². The lowest BCUT2D eigenvalue weighted by Gasteiger charge is -2.29. The van der Waals surface area contributed by atoms with Gasteiger partial charge in [0.05, 0.1) is 6.54 Å². The minimum Gasteiger partial charge on any atom is -0.338 e. The molecule has 0 saturated carbocycles. The summed E-state index contributed by atoms with van der Waals surface area (Å²) in [5.74, 6) is 0.302. The summed E-state index contributed by atoms with van der Waals surface area (Å²) in [7, 11) is 0. The third-order valence-corrected chi connectivity index (χ3v) is 6.25. The molecule has 128 valence electrons. The molecule has 0 radical (unpaired) electrons. The Bertz CT molecular complexity index is 681. The fourth-order valence-electron chi connectivity index (χ4n) is 3.88. The van der Waals surface area contributed by atoms with Gasteiger partial charge in [0.1, 0.15) is 0 Å². The van der Waals surface area contributed by atoms with Gasteiger partial charge in [-0.15, -0.1) is 11.3 Å². The first-order valence-electron chi connectivity index (χ1n) is 8.84. The van der Waals surface area contributed by atoms with Crippen LogP contribution in [-0.4, -0.2) is 51.2 Å². The van der Waals surface area contributed by atoms with E-state index >= 15 is 0 Å². The van der Waals surface area contributed by atoms with Crippen LogP contribution >= 0.6 is 11.3 Å². The monoisotopic (exact) mass is 344 g/mol. The van der Waals surface area contributed by atoms with Gasteiger partial charge in [0.25, 0.3) is 0 Å². The molecule has 1 atom stereocenters. The highest BCUT2D eigenvalue weighted by Crippen LogP contribution is 2.25. The number of thiophene rings is 1. The smallest absolute Gasteiger partial charge is 0.224 e. The van der Waals surface area contributed by atoms with Gasteiger partial charge >= 0.3 is 0 Å². The number of fused-ring (bicyclic) bond motifs is 1.